The van der Waals surface area contributed by atoms with E-state index in [2.05, 4.69) is 26.2 Å². The fraction of sp³-hybridized carbons (Fsp3) is 0.263. The van der Waals surface area contributed by atoms with E-state index < -0.39 is 6.10 Å². The molecule has 0 aliphatic rings. The molecule has 6 heteroatoms. The quantitative estimate of drug-likeness (QED) is 0.616. The summed E-state index contributed by atoms with van der Waals surface area (Å²) in [4.78, 5) is 17.0. The van der Waals surface area contributed by atoms with Gasteiger partial charge < -0.3 is 14.8 Å². The van der Waals surface area contributed by atoms with Crippen molar-refractivity contribution in [3.8, 4) is 0 Å². The summed E-state index contributed by atoms with van der Waals surface area (Å²) >= 11 is 3.36. The molecule has 1 aromatic carbocycles. The Kier molecular flexibility index (Phi) is 5.32. The predicted octanol–water partition coefficient (Wildman–Crippen LogP) is 3.60. The molecule has 0 saturated heterocycles. The summed E-state index contributed by atoms with van der Waals surface area (Å²) in [6.07, 6.45) is 1.35. The van der Waals surface area contributed by atoms with Gasteiger partial charge in [-0.05, 0) is 49.7 Å². The number of nitrogens with zero attached hydrogens (tertiary/aromatic N) is 1. The maximum absolute atomic E-state index is 12.7. The zero-order valence-corrected chi connectivity index (χ0v) is 15.6. The fourth-order valence-electron chi connectivity index (χ4n) is 2.61. The van der Waals surface area contributed by atoms with E-state index >= 15 is 0 Å². The van der Waals surface area contributed by atoms with Crippen LogP contribution in [0.15, 0.2) is 45.4 Å². The molecule has 0 spiro atoms. The standard InChI is InChI=1S/C19H19BrN2O3/c1-11(23)8-21-9-14-10-22-12(2)19-16(14)7-17(25-19)18(24)13-3-5-15(20)6-4-13/h3-7,10-11,21,23H,8-9H2,1-2H3/t11-/m1/s1. The number of carbonyl (C=O) groups is 1. The van der Waals surface area contributed by atoms with Crippen molar-refractivity contribution in [2.75, 3.05) is 6.54 Å². The van der Waals surface area contributed by atoms with Crippen molar-refractivity contribution in [2.24, 2.45) is 0 Å². The van der Waals surface area contributed by atoms with Crippen LogP contribution in [0.25, 0.3) is 11.0 Å². The van der Waals surface area contributed by atoms with Crippen LogP contribution in [0.3, 0.4) is 0 Å². The first-order valence-electron chi connectivity index (χ1n) is 8.03. The molecule has 0 unspecified atom stereocenters. The largest absolute Gasteiger partial charge is 0.451 e. The number of carbonyl (C=O) groups excluding carboxylic acids is 1. The van der Waals surface area contributed by atoms with Crippen molar-refractivity contribution in [2.45, 2.75) is 26.5 Å². The van der Waals surface area contributed by atoms with Crippen LogP contribution in [0.1, 0.15) is 34.3 Å². The highest BCUT2D eigenvalue weighted by molar-refractivity contribution is 9.10. The Morgan fingerprint density at radius 2 is 2.08 bits per heavy atom. The summed E-state index contributed by atoms with van der Waals surface area (Å²) in [7, 11) is 0. The maximum atomic E-state index is 12.7. The molecule has 25 heavy (non-hydrogen) atoms. The van der Waals surface area contributed by atoms with Crippen LogP contribution in [0.4, 0.5) is 0 Å². The monoisotopic (exact) mass is 402 g/mol. The lowest BCUT2D eigenvalue weighted by Gasteiger charge is -2.07. The number of benzene rings is 1. The number of hydrogen-bond donors (Lipinski definition) is 2. The first-order valence-corrected chi connectivity index (χ1v) is 8.82. The van der Waals surface area contributed by atoms with Crippen LogP contribution >= 0.6 is 15.9 Å². The van der Waals surface area contributed by atoms with Gasteiger partial charge in [-0.15, -0.1) is 0 Å². The number of aryl methyl sites for hydroxylation is 1. The Morgan fingerprint density at radius 3 is 2.76 bits per heavy atom. The van der Waals surface area contributed by atoms with E-state index in [1.54, 1.807) is 31.3 Å². The van der Waals surface area contributed by atoms with Gasteiger partial charge in [-0.3, -0.25) is 9.78 Å². The third kappa shape index (κ3) is 3.98. The molecule has 3 rings (SSSR count). The summed E-state index contributed by atoms with van der Waals surface area (Å²) in [5, 5.41) is 13.4. The number of aliphatic hydroxyl groups excluding tert-OH is 1. The second-order valence-electron chi connectivity index (χ2n) is 6.04. The maximum Gasteiger partial charge on any atom is 0.228 e. The molecule has 130 valence electrons. The second kappa shape index (κ2) is 7.47. The number of halogens is 1. The van der Waals surface area contributed by atoms with E-state index in [-0.39, 0.29) is 5.78 Å². The average Bonchev–Trinajstić information content (AvgIpc) is 3.03. The molecule has 2 heterocycles. The molecule has 0 amide bonds. The SMILES string of the molecule is Cc1ncc(CNC[C@@H](C)O)c2cc(C(=O)c3ccc(Br)cc3)oc12. The van der Waals surface area contributed by atoms with E-state index in [1.165, 1.54) is 0 Å². The minimum absolute atomic E-state index is 0.161. The molecular weight excluding hydrogens is 384 g/mol. The minimum Gasteiger partial charge on any atom is -0.451 e. The number of pyridine rings is 1. The van der Waals surface area contributed by atoms with Gasteiger partial charge in [0.25, 0.3) is 0 Å². The number of hydrogen-bond acceptors (Lipinski definition) is 5. The number of ketones is 1. The van der Waals surface area contributed by atoms with Crippen LogP contribution in [0, 0.1) is 6.92 Å². The molecule has 2 N–H and O–H groups in total. The smallest absolute Gasteiger partial charge is 0.228 e. The fourth-order valence-corrected chi connectivity index (χ4v) is 2.88. The number of aromatic nitrogens is 1. The predicted molar refractivity (Wildman–Crippen MR) is 99.7 cm³/mol. The van der Waals surface area contributed by atoms with E-state index in [9.17, 15) is 9.90 Å². The first-order chi connectivity index (χ1) is 12.0. The van der Waals surface area contributed by atoms with Crippen molar-refractivity contribution >= 4 is 32.7 Å². The molecule has 0 fully saturated rings. The number of aliphatic hydroxyl groups is 1. The van der Waals surface area contributed by atoms with Crippen LogP contribution in [0.5, 0.6) is 0 Å². The summed E-state index contributed by atoms with van der Waals surface area (Å²) in [6, 6.07) is 8.95. The summed E-state index contributed by atoms with van der Waals surface area (Å²) in [5.74, 6) is 0.135. The minimum atomic E-state index is -0.423. The zero-order valence-electron chi connectivity index (χ0n) is 14.0. The van der Waals surface area contributed by atoms with Crippen LogP contribution < -0.4 is 5.32 Å². The molecule has 3 aromatic rings. The molecule has 0 saturated carbocycles. The van der Waals surface area contributed by atoms with Gasteiger partial charge in [0, 0.05) is 34.7 Å². The van der Waals surface area contributed by atoms with Crippen molar-refractivity contribution in [3.05, 3.63) is 63.6 Å². The van der Waals surface area contributed by atoms with Gasteiger partial charge in [-0.1, -0.05) is 15.9 Å². The Balaban J connectivity index is 1.94. The van der Waals surface area contributed by atoms with E-state index in [0.717, 1.165) is 21.1 Å². The lowest BCUT2D eigenvalue weighted by molar-refractivity contribution is 0.101. The average molecular weight is 403 g/mol. The Morgan fingerprint density at radius 1 is 1.36 bits per heavy atom. The van der Waals surface area contributed by atoms with Gasteiger partial charge in [-0.2, -0.15) is 0 Å². The van der Waals surface area contributed by atoms with Gasteiger partial charge in [0.05, 0.1) is 11.8 Å². The molecule has 1 atom stereocenters. The van der Waals surface area contributed by atoms with Gasteiger partial charge in [0.2, 0.25) is 5.78 Å². The lowest BCUT2D eigenvalue weighted by Crippen LogP contribution is -2.24. The van der Waals surface area contributed by atoms with Crippen LogP contribution in [-0.4, -0.2) is 28.5 Å². The topological polar surface area (TPSA) is 75.4 Å². The number of furan rings is 1. The molecule has 0 bridgehead atoms. The number of rotatable bonds is 6. The van der Waals surface area contributed by atoms with Crippen LogP contribution in [0.2, 0.25) is 0 Å². The highest BCUT2D eigenvalue weighted by atomic mass is 79.9. The van der Waals surface area contributed by atoms with Crippen molar-refractivity contribution < 1.29 is 14.3 Å². The molecule has 0 radical (unpaired) electrons. The Hall–Kier alpha value is -2.02. The van der Waals surface area contributed by atoms with Crippen molar-refractivity contribution in [1.82, 2.24) is 10.3 Å². The molecule has 0 aliphatic heterocycles. The zero-order chi connectivity index (χ0) is 18.0. The number of nitrogens with one attached hydrogen (secondary N) is 1. The lowest BCUT2D eigenvalue weighted by atomic mass is 10.1. The summed E-state index contributed by atoms with van der Waals surface area (Å²) < 4.78 is 6.73. The molecular formula is C19H19BrN2O3. The highest BCUT2D eigenvalue weighted by Gasteiger charge is 2.18. The van der Waals surface area contributed by atoms with E-state index in [0.29, 0.717) is 30.0 Å². The molecule has 0 aliphatic carbocycles. The van der Waals surface area contributed by atoms with Gasteiger partial charge in [0.15, 0.2) is 11.3 Å². The van der Waals surface area contributed by atoms with E-state index in [4.69, 9.17) is 4.42 Å². The normalized spacial score (nSPS) is 12.5. The number of fused-ring (bicyclic) bond motifs is 1. The second-order valence-corrected chi connectivity index (χ2v) is 6.95. The molecule has 2 aromatic heterocycles. The van der Waals surface area contributed by atoms with Crippen molar-refractivity contribution in [3.63, 3.8) is 0 Å². The summed E-state index contributed by atoms with van der Waals surface area (Å²) in [5.41, 5.74) is 2.86. The van der Waals surface area contributed by atoms with Crippen LogP contribution in [-0.2, 0) is 6.54 Å². The van der Waals surface area contributed by atoms with E-state index in [1.807, 2.05) is 19.1 Å². The molecule has 5 nitrogen and oxygen atoms in total. The third-order valence-electron chi connectivity index (χ3n) is 3.91. The Labute approximate surface area is 154 Å². The third-order valence-corrected chi connectivity index (χ3v) is 4.43. The van der Waals surface area contributed by atoms with Gasteiger partial charge in [0.1, 0.15) is 0 Å². The summed E-state index contributed by atoms with van der Waals surface area (Å²) in [6.45, 7) is 4.60. The van der Waals surface area contributed by atoms with Gasteiger partial charge in [-0.25, -0.2) is 0 Å². The van der Waals surface area contributed by atoms with Crippen molar-refractivity contribution in [1.29, 1.82) is 0 Å². The Bertz CT molecular complexity index is 901. The van der Waals surface area contributed by atoms with Gasteiger partial charge >= 0.3 is 0 Å². The first kappa shape index (κ1) is 17.8. The highest BCUT2D eigenvalue weighted by Crippen LogP contribution is 2.26.